The molecule has 0 unspecified atom stereocenters. The number of hydrogen-bond donors (Lipinski definition) is 1. The number of halogens is 2. The van der Waals surface area contributed by atoms with Crippen LogP contribution < -0.4 is 19.7 Å². The van der Waals surface area contributed by atoms with E-state index in [0.29, 0.717) is 27.9 Å². The highest BCUT2D eigenvalue weighted by molar-refractivity contribution is 6.32. The predicted molar refractivity (Wildman–Crippen MR) is 92.9 cm³/mol. The monoisotopic (exact) mass is 352 g/mol. The van der Waals surface area contributed by atoms with Crippen LogP contribution in [-0.4, -0.2) is 33.7 Å². The summed E-state index contributed by atoms with van der Waals surface area (Å²) in [6.45, 7) is -0.0327. The maximum absolute atomic E-state index is 13.8. The molecule has 2 rings (SSSR count). The molecule has 0 bridgehead atoms. The van der Waals surface area contributed by atoms with Crippen molar-refractivity contribution in [2.24, 2.45) is 0 Å². The van der Waals surface area contributed by atoms with E-state index < -0.39 is 5.82 Å². The van der Waals surface area contributed by atoms with Gasteiger partial charge in [0.15, 0.2) is 0 Å². The summed E-state index contributed by atoms with van der Waals surface area (Å²) in [5.74, 6) is 0.0971. The van der Waals surface area contributed by atoms with E-state index in [1.807, 2.05) is 0 Å². The highest BCUT2D eigenvalue weighted by atomic mass is 35.5. The number of hydrogen-bond acceptors (Lipinski definition) is 4. The summed E-state index contributed by atoms with van der Waals surface area (Å²) < 4.78 is 24.1. The minimum absolute atomic E-state index is 0.0327. The quantitative estimate of drug-likeness (QED) is 0.863. The Morgan fingerprint density at radius 2 is 1.88 bits per heavy atom. The van der Waals surface area contributed by atoms with Crippen molar-refractivity contribution in [1.29, 1.82) is 0 Å². The topological polar surface area (TPSA) is 50.8 Å². The molecule has 0 spiro atoms. The fourth-order valence-electron chi connectivity index (χ4n) is 2.21. The van der Waals surface area contributed by atoms with Crippen molar-refractivity contribution >= 4 is 28.9 Å². The van der Waals surface area contributed by atoms with E-state index in [4.69, 9.17) is 21.1 Å². The molecule has 7 heteroatoms. The number of nitrogens with zero attached hydrogens (tertiary/aromatic N) is 1. The fraction of sp³-hybridized carbons (Fsp3) is 0.235. The van der Waals surface area contributed by atoms with Gasteiger partial charge in [-0.3, -0.25) is 4.79 Å². The molecule has 2 aromatic rings. The molecule has 0 fully saturated rings. The van der Waals surface area contributed by atoms with Crippen LogP contribution in [0.3, 0.4) is 0 Å². The van der Waals surface area contributed by atoms with E-state index in [1.165, 1.54) is 25.2 Å². The van der Waals surface area contributed by atoms with Crippen LogP contribution in [0.15, 0.2) is 36.4 Å². The Labute approximate surface area is 144 Å². The average molecular weight is 353 g/mol. The van der Waals surface area contributed by atoms with E-state index >= 15 is 0 Å². The molecule has 0 heterocycles. The van der Waals surface area contributed by atoms with E-state index in [1.54, 1.807) is 37.4 Å². The van der Waals surface area contributed by atoms with Crippen molar-refractivity contribution in [3.05, 3.63) is 47.2 Å². The number of ether oxygens (including phenoxy) is 2. The average Bonchev–Trinajstić information content (AvgIpc) is 2.56. The lowest BCUT2D eigenvalue weighted by Crippen LogP contribution is -2.30. The third-order valence-corrected chi connectivity index (χ3v) is 3.69. The van der Waals surface area contributed by atoms with Crippen LogP contribution in [0.5, 0.6) is 11.5 Å². The summed E-state index contributed by atoms with van der Waals surface area (Å²) in [4.78, 5) is 13.8. The first-order chi connectivity index (χ1) is 11.5. The third kappa shape index (κ3) is 4.08. The Morgan fingerprint density at radius 3 is 2.50 bits per heavy atom. The van der Waals surface area contributed by atoms with E-state index in [2.05, 4.69) is 5.32 Å². The van der Waals surface area contributed by atoms with Crippen molar-refractivity contribution in [3.63, 3.8) is 0 Å². The number of nitrogens with one attached hydrogen (secondary N) is 1. The van der Waals surface area contributed by atoms with Gasteiger partial charge in [-0.25, -0.2) is 4.39 Å². The molecular weight excluding hydrogens is 335 g/mol. The van der Waals surface area contributed by atoms with E-state index in [0.717, 1.165) is 0 Å². The zero-order chi connectivity index (χ0) is 17.7. The molecule has 0 aliphatic carbocycles. The van der Waals surface area contributed by atoms with Crippen molar-refractivity contribution in [1.82, 2.24) is 0 Å². The molecule has 2 aromatic carbocycles. The number of amides is 1. The Bertz CT molecular complexity index is 740. The highest BCUT2D eigenvalue weighted by Crippen LogP contribution is 2.35. The molecule has 0 saturated carbocycles. The Morgan fingerprint density at radius 1 is 1.21 bits per heavy atom. The van der Waals surface area contributed by atoms with Crippen molar-refractivity contribution in [2.45, 2.75) is 0 Å². The lowest BCUT2D eigenvalue weighted by Gasteiger charge is -2.20. The third-order valence-electron chi connectivity index (χ3n) is 3.39. The maximum Gasteiger partial charge on any atom is 0.243 e. The van der Waals surface area contributed by atoms with Crippen molar-refractivity contribution < 1.29 is 18.7 Å². The molecule has 0 aromatic heterocycles. The number of likely N-dealkylation sites (N-methyl/N-ethyl adjacent to an activating group) is 1. The summed E-state index contributed by atoms with van der Waals surface area (Å²) in [5.41, 5.74) is 0.763. The molecule has 0 radical (unpaired) electrons. The van der Waals surface area contributed by atoms with Crippen LogP contribution in [0.2, 0.25) is 5.02 Å². The van der Waals surface area contributed by atoms with Crippen LogP contribution in [0.1, 0.15) is 0 Å². The molecule has 0 aliphatic rings. The molecule has 0 atom stereocenters. The second kappa shape index (κ2) is 7.88. The first-order valence-corrected chi connectivity index (χ1v) is 7.51. The van der Waals surface area contributed by atoms with Gasteiger partial charge in [-0.15, -0.1) is 0 Å². The van der Waals surface area contributed by atoms with Gasteiger partial charge in [0.05, 0.1) is 37.2 Å². The number of carbonyl (C=O) groups excluding carboxylic acids is 1. The van der Waals surface area contributed by atoms with Gasteiger partial charge in [0.2, 0.25) is 5.91 Å². The summed E-state index contributed by atoms with van der Waals surface area (Å²) >= 11 is 6.03. The normalized spacial score (nSPS) is 10.2. The molecule has 0 saturated heterocycles. The number of carbonyl (C=O) groups is 1. The number of para-hydroxylation sites is 1. The molecule has 1 N–H and O–H groups in total. The number of methoxy groups -OCH3 is 2. The van der Waals surface area contributed by atoms with Gasteiger partial charge in [-0.1, -0.05) is 23.7 Å². The van der Waals surface area contributed by atoms with Gasteiger partial charge in [0.25, 0.3) is 0 Å². The predicted octanol–water partition coefficient (Wildman–Crippen LogP) is 3.57. The molecular formula is C17H18ClFN2O3. The molecule has 128 valence electrons. The van der Waals surface area contributed by atoms with Crippen molar-refractivity contribution in [2.75, 3.05) is 38.0 Å². The van der Waals surface area contributed by atoms with Crippen LogP contribution in [0, 0.1) is 5.82 Å². The minimum Gasteiger partial charge on any atom is -0.495 e. The van der Waals surface area contributed by atoms with Gasteiger partial charge >= 0.3 is 0 Å². The first-order valence-electron chi connectivity index (χ1n) is 7.13. The van der Waals surface area contributed by atoms with Crippen LogP contribution >= 0.6 is 11.6 Å². The maximum atomic E-state index is 13.8. The second-order valence-corrected chi connectivity index (χ2v) is 5.45. The Balaban J connectivity index is 2.13. The van der Waals surface area contributed by atoms with Crippen LogP contribution in [0.25, 0.3) is 0 Å². The van der Waals surface area contributed by atoms with Gasteiger partial charge in [-0.2, -0.15) is 0 Å². The first kappa shape index (κ1) is 17.9. The molecule has 24 heavy (non-hydrogen) atoms. The van der Waals surface area contributed by atoms with Gasteiger partial charge in [-0.05, 0) is 12.1 Å². The van der Waals surface area contributed by atoms with Crippen LogP contribution in [0.4, 0.5) is 15.8 Å². The van der Waals surface area contributed by atoms with E-state index in [9.17, 15) is 9.18 Å². The molecule has 1 amide bonds. The van der Waals surface area contributed by atoms with Gasteiger partial charge < -0.3 is 19.7 Å². The highest BCUT2D eigenvalue weighted by Gasteiger charge is 2.15. The lowest BCUT2D eigenvalue weighted by atomic mass is 10.2. The summed E-state index contributed by atoms with van der Waals surface area (Å²) in [7, 11) is 4.59. The summed E-state index contributed by atoms with van der Waals surface area (Å²) in [5, 5.41) is 3.09. The molecule has 0 aliphatic heterocycles. The summed E-state index contributed by atoms with van der Waals surface area (Å²) in [6.07, 6.45) is 0. The standard InChI is InChI=1S/C17H18ClFN2O3/c1-21(14-7-5-4-6-12(14)19)10-17(22)20-13-9-15(23-2)11(18)8-16(13)24-3/h4-9H,10H2,1-3H3,(H,20,22). The number of benzene rings is 2. The summed E-state index contributed by atoms with van der Waals surface area (Å²) in [6, 6.07) is 9.38. The smallest absolute Gasteiger partial charge is 0.243 e. The zero-order valence-corrected chi connectivity index (χ0v) is 14.4. The number of anilines is 2. The van der Waals surface area contributed by atoms with Gasteiger partial charge in [0.1, 0.15) is 17.3 Å². The SMILES string of the molecule is COc1cc(NC(=O)CN(C)c2ccccc2F)c(OC)cc1Cl. The minimum atomic E-state index is -0.390. The largest absolute Gasteiger partial charge is 0.495 e. The number of rotatable bonds is 6. The molecule has 5 nitrogen and oxygen atoms in total. The Kier molecular flexibility index (Phi) is 5.87. The fourth-order valence-corrected chi connectivity index (χ4v) is 2.44. The lowest BCUT2D eigenvalue weighted by molar-refractivity contribution is -0.114. The Hall–Kier alpha value is -2.47. The van der Waals surface area contributed by atoms with Gasteiger partial charge in [0, 0.05) is 19.2 Å². The van der Waals surface area contributed by atoms with Crippen molar-refractivity contribution in [3.8, 4) is 11.5 Å². The van der Waals surface area contributed by atoms with Crippen LogP contribution in [-0.2, 0) is 4.79 Å². The van der Waals surface area contributed by atoms with E-state index in [-0.39, 0.29) is 12.5 Å². The zero-order valence-electron chi connectivity index (χ0n) is 13.6. The second-order valence-electron chi connectivity index (χ2n) is 5.04.